The standard InChI is InChI=1S/C11H9NO3/c1-14-11-3-2-8(7-13)6-9(11)10-4-5-15-12-10/h2-7H,1H3. The number of ether oxygens (including phenoxy) is 1. The van der Waals surface area contributed by atoms with Crippen molar-refractivity contribution in [1.29, 1.82) is 0 Å². The molecule has 2 rings (SSSR count). The maximum Gasteiger partial charge on any atom is 0.150 e. The third-order valence-electron chi connectivity index (χ3n) is 2.07. The van der Waals surface area contributed by atoms with Crippen LogP contribution in [-0.4, -0.2) is 18.6 Å². The molecule has 0 saturated carbocycles. The van der Waals surface area contributed by atoms with Gasteiger partial charge in [0.1, 0.15) is 24.0 Å². The molecule has 0 bridgehead atoms. The Balaban J connectivity index is 2.56. The number of nitrogens with zero attached hydrogens (tertiary/aromatic N) is 1. The average molecular weight is 203 g/mol. The van der Waals surface area contributed by atoms with E-state index in [9.17, 15) is 4.79 Å². The van der Waals surface area contributed by atoms with Gasteiger partial charge in [-0.15, -0.1) is 0 Å². The van der Waals surface area contributed by atoms with Crippen LogP contribution < -0.4 is 4.74 Å². The first-order valence-electron chi connectivity index (χ1n) is 4.39. The molecule has 4 nitrogen and oxygen atoms in total. The number of hydrogen-bond acceptors (Lipinski definition) is 4. The largest absolute Gasteiger partial charge is 0.496 e. The summed E-state index contributed by atoms with van der Waals surface area (Å²) in [5, 5.41) is 3.80. The van der Waals surface area contributed by atoms with Crippen molar-refractivity contribution in [3.8, 4) is 17.0 Å². The van der Waals surface area contributed by atoms with Crippen LogP contribution in [0.5, 0.6) is 5.75 Å². The molecule has 1 heterocycles. The summed E-state index contributed by atoms with van der Waals surface area (Å²) in [5.74, 6) is 0.662. The van der Waals surface area contributed by atoms with E-state index < -0.39 is 0 Å². The number of aromatic nitrogens is 1. The van der Waals surface area contributed by atoms with Crippen molar-refractivity contribution in [2.75, 3.05) is 7.11 Å². The Morgan fingerprint density at radius 1 is 1.40 bits per heavy atom. The van der Waals surface area contributed by atoms with Gasteiger partial charge in [0.05, 0.1) is 7.11 Å². The van der Waals surface area contributed by atoms with Crippen LogP contribution in [0.1, 0.15) is 10.4 Å². The molecule has 76 valence electrons. The number of benzene rings is 1. The lowest BCUT2D eigenvalue weighted by Gasteiger charge is -2.05. The van der Waals surface area contributed by atoms with Gasteiger partial charge in [-0.3, -0.25) is 4.79 Å². The third-order valence-corrected chi connectivity index (χ3v) is 2.07. The minimum Gasteiger partial charge on any atom is -0.496 e. The second-order valence-corrected chi connectivity index (χ2v) is 2.96. The SMILES string of the molecule is COc1ccc(C=O)cc1-c1ccon1. The van der Waals surface area contributed by atoms with Crippen molar-refractivity contribution >= 4 is 6.29 Å². The Morgan fingerprint density at radius 3 is 2.87 bits per heavy atom. The summed E-state index contributed by atoms with van der Waals surface area (Å²) in [6.07, 6.45) is 2.26. The molecule has 0 fully saturated rings. The van der Waals surface area contributed by atoms with E-state index >= 15 is 0 Å². The van der Waals surface area contributed by atoms with Crippen molar-refractivity contribution in [1.82, 2.24) is 5.16 Å². The smallest absolute Gasteiger partial charge is 0.150 e. The number of rotatable bonds is 3. The summed E-state index contributed by atoms with van der Waals surface area (Å²) < 4.78 is 9.92. The predicted molar refractivity (Wildman–Crippen MR) is 53.9 cm³/mol. The first-order valence-corrected chi connectivity index (χ1v) is 4.39. The quantitative estimate of drug-likeness (QED) is 0.717. The molecule has 0 atom stereocenters. The maximum absolute atomic E-state index is 10.6. The Labute approximate surface area is 86.5 Å². The van der Waals surface area contributed by atoms with Crippen LogP contribution in [0.4, 0.5) is 0 Å². The molecule has 0 saturated heterocycles. The average Bonchev–Trinajstić information content (AvgIpc) is 2.81. The summed E-state index contributed by atoms with van der Waals surface area (Å²) in [7, 11) is 1.57. The molecule has 0 aliphatic heterocycles. The molecule has 0 aliphatic carbocycles. The van der Waals surface area contributed by atoms with Crippen LogP contribution >= 0.6 is 0 Å². The fourth-order valence-corrected chi connectivity index (χ4v) is 1.35. The summed E-state index contributed by atoms with van der Waals surface area (Å²) in [6.45, 7) is 0. The third kappa shape index (κ3) is 1.74. The highest BCUT2D eigenvalue weighted by Gasteiger charge is 2.09. The van der Waals surface area contributed by atoms with E-state index in [-0.39, 0.29) is 0 Å². The first kappa shape index (κ1) is 9.45. The number of aldehydes is 1. The first-order chi connectivity index (χ1) is 7.35. The van der Waals surface area contributed by atoms with Crippen LogP contribution in [0.3, 0.4) is 0 Å². The Bertz CT molecular complexity index is 463. The van der Waals surface area contributed by atoms with Gasteiger partial charge in [0.15, 0.2) is 0 Å². The van der Waals surface area contributed by atoms with Crippen molar-refractivity contribution in [3.63, 3.8) is 0 Å². The fourth-order valence-electron chi connectivity index (χ4n) is 1.35. The van der Waals surface area contributed by atoms with E-state index in [1.165, 1.54) is 6.26 Å². The van der Waals surface area contributed by atoms with Gasteiger partial charge in [-0.2, -0.15) is 0 Å². The van der Waals surface area contributed by atoms with Crippen molar-refractivity contribution in [2.24, 2.45) is 0 Å². The predicted octanol–water partition coefficient (Wildman–Crippen LogP) is 2.16. The van der Waals surface area contributed by atoms with Crippen LogP contribution in [0, 0.1) is 0 Å². The molecule has 0 spiro atoms. The molecule has 15 heavy (non-hydrogen) atoms. The Kier molecular flexibility index (Phi) is 2.49. The van der Waals surface area contributed by atoms with Gasteiger partial charge in [-0.1, -0.05) is 5.16 Å². The molecule has 1 aromatic heterocycles. The van der Waals surface area contributed by atoms with Gasteiger partial charge >= 0.3 is 0 Å². The monoisotopic (exact) mass is 203 g/mol. The minimum atomic E-state index is 0.578. The van der Waals surface area contributed by atoms with E-state index in [0.717, 1.165) is 11.8 Å². The highest BCUT2D eigenvalue weighted by molar-refractivity contribution is 5.80. The zero-order valence-corrected chi connectivity index (χ0v) is 8.14. The van der Waals surface area contributed by atoms with E-state index in [4.69, 9.17) is 9.26 Å². The molecule has 0 radical (unpaired) electrons. The molecule has 1 aromatic carbocycles. The van der Waals surface area contributed by atoms with Gasteiger partial charge in [0, 0.05) is 17.2 Å². The normalized spacial score (nSPS) is 9.93. The second-order valence-electron chi connectivity index (χ2n) is 2.96. The maximum atomic E-state index is 10.6. The molecule has 0 aliphatic rings. The van der Waals surface area contributed by atoms with Gasteiger partial charge in [-0.05, 0) is 18.2 Å². The van der Waals surface area contributed by atoms with E-state index in [2.05, 4.69) is 5.16 Å². The molecule has 2 aromatic rings. The van der Waals surface area contributed by atoms with Crippen molar-refractivity contribution in [3.05, 3.63) is 36.1 Å². The summed E-state index contributed by atoms with van der Waals surface area (Å²) in [6, 6.07) is 6.85. The summed E-state index contributed by atoms with van der Waals surface area (Å²) in [4.78, 5) is 10.6. The highest BCUT2D eigenvalue weighted by atomic mass is 16.5. The highest BCUT2D eigenvalue weighted by Crippen LogP contribution is 2.29. The molecular formula is C11H9NO3. The van der Waals surface area contributed by atoms with Crippen molar-refractivity contribution < 1.29 is 14.1 Å². The van der Waals surface area contributed by atoms with Crippen LogP contribution in [0.25, 0.3) is 11.3 Å². The van der Waals surface area contributed by atoms with Crippen LogP contribution in [0.2, 0.25) is 0 Å². The number of methoxy groups -OCH3 is 1. The molecule has 0 amide bonds. The van der Waals surface area contributed by atoms with Gasteiger partial charge in [0.2, 0.25) is 0 Å². The van der Waals surface area contributed by atoms with Crippen LogP contribution in [0.15, 0.2) is 35.1 Å². The van der Waals surface area contributed by atoms with Gasteiger partial charge in [0.25, 0.3) is 0 Å². The molecule has 0 unspecified atom stereocenters. The van der Waals surface area contributed by atoms with Crippen LogP contribution in [-0.2, 0) is 0 Å². The topological polar surface area (TPSA) is 52.3 Å². The number of carbonyl (C=O) groups excluding carboxylic acids is 1. The van der Waals surface area contributed by atoms with Gasteiger partial charge in [-0.25, -0.2) is 0 Å². The fraction of sp³-hybridized carbons (Fsp3) is 0.0909. The zero-order valence-electron chi connectivity index (χ0n) is 8.14. The number of hydrogen-bond donors (Lipinski definition) is 0. The van der Waals surface area contributed by atoms with Gasteiger partial charge < -0.3 is 9.26 Å². The van der Waals surface area contributed by atoms with E-state index in [0.29, 0.717) is 17.0 Å². The molecule has 4 heteroatoms. The molecular weight excluding hydrogens is 194 g/mol. The lowest BCUT2D eigenvalue weighted by atomic mass is 10.1. The lowest BCUT2D eigenvalue weighted by Crippen LogP contribution is -1.90. The zero-order chi connectivity index (χ0) is 10.7. The molecule has 0 N–H and O–H groups in total. The van der Waals surface area contributed by atoms with E-state index in [1.807, 2.05) is 0 Å². The Morgan fingerprint density at radius 2 is 2.27 bits per heavy atom. The minimum absolute atomic E-state index is 0.578. The number of carbonyl (C=O) groups is 1. The summed E-state index contributed by atoms with van der Waals surface area (Å²) in [5.41, 5.74) is 1.97. The second kappa shape index (κ2) is 3.96. The Hall–Kier alpha value is -2.10. The van der Waals surface area contributed by atoms with E-state index in [1.54, 1.807) is 31.4 Å². The van der Waals surface area contributed by atoms with Crippen molar-refractivity contribution in [2.45, 2.75) is 0 Å². The lowest BCUT2D eigenvalue weighted by molar-refractivity contribution is 0.112. The summed E-state index contributed by atoms with van der Waals surface area (Å²) >= 11 is 0.